The first-order valence-electron chi connectivity index (χ1n) is 18.6. The minimum absolute atomic E-state index is 0.0425. The number of hydrogen-bond acceptors (Lipinski definition) is 2. The van der Waals surface area contributed by atoms with Gasteiger partial charge in [0.1, 0.15) is 0 Å². The number of aryl methyl sites for hydroxylation is 1. The van der Waals surface area contributed by atoms with Crippen LogP contribution in [0.2, 0.25) is 0 Å². The van der Waals surface area contributed by atoms with Crippen molar-refractivity contribution in [2.45, 2.75) is 25.7 Å². The molecule has 0 fully saturated rings. The van der Waals surface area contributed by atoms with Crippen molar-refractivity contribution in [3.05, 3.63) is 209 Å². The fourth-order valence-corrected chi connectivity index (χ4v) is 8.10. The Bertz CT molecular complexity index is 2560. The van der Waals surface area contributed by atoms with Crippen molar-refractivity contribution in [3.63, 3.8) is 0 Å². The molecule has 5 aromatic carbocycles. The molecule has 254 valence electrons. The molecular formula is C51H40N2. The van der Waals surface area contributed by atoms with E-state index in [0.29, 0.717) is 0 Å². The van der Waals surface area contributed by atoms with Crippen LogP contribution in [0.4, 0.5) is 22.7 Å². The van der Waals surface area contributed by atoms with Crippen LogP contribution in [0.25, 0.3) is 29.0 Å². The van der Waals surface area contributed by atoms with Crippen LogP contribution in [0.15, 0.2) is 181 Å². The predicted molar refractivity (Wildman–Crippen MR) is 226 cm³/mol. The number of rotatable bonds is 8. The molecule has 2 bridgehead atoms. The van der Waals surface area contributed by atoms with E-state index in [1.54, 1.807) is 0 Å². The molecule has 0 amide bonds. The molecule has 9 rings (SSSR count). The van der Waals surface area contributed by atoms with Gasteiger partial charge >= 0.3 is 0 Å². The first-order valence-corrected chi connectivity index (χ1v) is 18.6. The van der Waals surface area contributed by atoms with Gasteiger partial charge in [-0.05, 0) is 113 Å². The van der Waals surface area contributed by atoms with E-state index in [0.717, 1.165) is 47.0 Å². The van der Waals surface area contributed by atoms with Gasteiger partial charge in [-0.1, -0.05) is 140 Å². The first kappa shape index (κ1) is 32.4. The number of para-hydroxylation sites is 1. The average molecular weight is 681 g/mol. The maximum atomic E-state index is 3.99. The molecule has 0 heterocycles. The molecule has 0 saturated carbocycles. The second-order valence-corrected chi connectivity index (χ2v) is 13.8. The highest BCUT2D eigenvalue weighted by Crippen LogP contribution is 2.48. The van der Waals surface area contributed by atoms with Gasteiger partial charge in [-0.3, -0.25) is 0 Å². The Labute approximate surface area is 313 Å². The van der Waals surface area contributed by atoms with Crippen LogP contribution in [0, 0.1) is 17.8 Å². The summed E-state index contributed by atoms with van der Waals surface area (Å²) in [7, 11) is 0. The summed E-state index contributed by atoms with van der Waals surface area (Å²) in [6, 6.07) is 37.6. The predicted octanol–water partition coefficient (Wildman–Crippen LogP) is 13.0. The third kappa shape index (κ3) is 5.91. The lowest BCUT2D eigenvalue weighted by molar-refractivity contribution is 0.959. The standard InChI is InChI=1S/C51H40N2/c1-3-5-17-42(4-2)52(44-27-23-37-13-9-11-15-40(37)34-44)49-32-22-36-20-29-47-46(49)31-25-39-26-33-50(48(30-21-36)51(39)47)53(43-18-7-6-8-19-43)45-28-24-38-14-10-12-16-41(38)35-45/h3-8,10-12,14-19,21-28,30-36,47H,1,9,13H2,2H3/b17-5-,30-21-,32-22-,42-4+,49-46-. The number of benzene rings is 5. The van der Waals surface area contributed by atoms with E-state index in [9.17, 15) is 0 Å². The third-order valence-corrected chi connectivity index (χ3v) is 10.7. The number of nitrogens with zero attached hydrogens (tertiary/aromatic N) is 2. The molecule has 4 aliphatic rings. The summed E-state index contributed by atoms with van der Waals surface area (Å²) in [5.74, 6) is 7.26. The summed E-state index contributed by atoms with van der Waals surface area (Å²) in [6.45, 7) is 6.10. The Balaban J connectivity index is 1.27. The zero-order chi connectivity index (χ0) is 35.7. The van der Waals surface area contributed by atoms with Crippen molar-refractivity contribution in [1.29, 1.82) is 0 Å². The second-order valence-electron chi connectivity index (χ2n) is 13.8. The average Bonchev–Trinajstić information content (AvgIpc) is 3.20. The number of fused-ring (bicyclic) bond motifs is 3. The Morgan fingerprint density at radius 1 is 0.736 bits per heavy atom. The van der Waals surface area contributed by atoms with E-state index in [-0.39, 0.29) is 11.8 Å². The summed E-state index contributed by atoms with van der Waals surface area (Å²) >= 11 is 0. The number of allylic oxidation sites excluding steroid dienone is 10. The lowest BCUT2D eigenvalue weighted by Gasteiger charge is -2.35. The van der Waals surface area contributed by atoms with Gasteiger partial charge in [-0.2, -0.15) is 0 Å². The van der Waals surface area contributed by atoms with Gasteiger partial charge in [0, 0.05) is 28.3 Å². The van der Waals surface area contributed by atoms with Gasteiger partial charge < -0.3 is 9.80 Å². The molecule has 2 unspecified atom stereocenters. The molecule has 5 aromatic rings. The molecule has 0 saturated heterocycles. The van der Waals surface area contributed by atoms with Crippen LogP contribution in [0.5, 0.6) is 0 Å². The second kappa shape index (κ2) is 13.9. The highest BCUT2D eigenvalue weighted by atomic mass is 15.2. The summed E-state index contributed by atoms with van der Waals surface area (Å²) < 4.78 is 0. The van der Waals surface area contributed by atoms with Crippen molar-refractivity contribution in [2.75, 3.05) is 9.80 Å². The molecule has 2 heteroatoms. The van der Waals surface area contributed by atoms with Crippen molar-refractivity contribution in [2.24, 2.45) is 5.92 Å². The molecule has 2 atom stereocenters. The molecule has 0 spiro atoms. The summed E-state index contributed by atoms with van der Waals surface area (Å²) in [4.78, 5) is 4.81. The molecule has 2 nitrogen and oxygen atoms in total. The van der Waals surface area contributed by atoms with E-state index in [1.807, 2.05) is 12.2 Å². The molecule has 0 aromatic heterocycles. The third-order valence-electron chi connectivity index (χ3n) is 10.7. The minimum Gasteiger partial charge on any atom is -0.310 e. The number of anilines is 4. The van der Waals surface area contributed by atoms with Crippen LogP contribution < -0.4 is 9.80 Å². The van der Waals surface area contributed by atoms with E-state index in [4.69, 9.17) is 0 Å². The Hall–Kier alpha value is -6.56. The highest BCUT2D eigenvalue weighted by molar-refractivity contribution is 5.92. The molecule has 53 heavy (non-hydrogen) atoms. The van der Waals surface area contributed by atoms with Crippen LogP contribution in [-0.2, 0) is 6.42 Å². The topological polar surface area (TPSA) is 6.48 Å². The monoisotopic (exact) mass is 680 g/mol. The van der Waals surface area contributed by atoms with Gasteiger partial charge in [0.15, 0.2) is 0 Å². The maximum absolute atomic E-state index is 3.99. The van der Waals surface area contributed by atoms with Crippen LogP contribution in [0.1, 0.15) is 47.1 Å². The van der Waals surface area contributed by atoms with Crippen LogP contribution in [0.3, 0.4) is 0 Å². The van der Waals surface area contributed by atoms with Crippen LogP contribution in [-0.4, -0.2) is 0 Å². The molecule has 4 aliphatic carbocycles. The Kier molecular flexibility index (Phi) is 8.47. The first-order chi connectivity index (χ1) is 26.2. The summed E-state index contributed by atoms with van der Waals surface area (Å²) in [5, 5.41) is 2.44. The van der Waals surface area contributed by atoms with E-state index in [2.05, 4.69) is 199 Å². The fourth-order valence-electron chi connectivity index (χ4n) is 8.10. The van der Waals surface area contributed by atoms with Crippen molar-refractivity contribution in [1.82, 2.24) is 0 Å². The lowest BCUT2D eigenvalue weighted by Crippen LogP contribution is -2.25. The zero-order valence-electron chi connectivity index (χ0n) is 29.9. The SMILES string of the molecule is C=C/C=C\C(=C/C)N(C1=C2/C=Cc3ccc(N(c4ccccc4)c4ccc5ccccc5c4)c4c3C2C#CC(/C=C\1)/C=C\4)c1ccc2c(c1)C=CCC2. The number of hydrogen-bond donors (Lipinski definition) is 0. The minimum atomic E-state index is -0.131. The maximum Gasteiger partial charge on any atom is 0.0735 e. The van der Waals surface area contributed by atoms with Gasteiger partial charge in [0.2, 0.25) is 0 Å². The smallest absolute Gasteiger partial charge is 0.0735 e. The van der Waals surface area contributed by atoms with E-state index in [1.165, 1.54) is 44.2 Å². The van der Waals surface area contributed by atoms with Crippen LogP contribution >= 0.6 is 0 Å². The van der Waals surface area contributed by atoms with E-state index < -0.39 is 0 Å². The summed E-state index contributed by atoms with van der Waals surface area (Å²) in [5.41, 5.74) is 14.2. The summed E-state index contributed by atoms with van der Waals surface area (Å²) in [6.07, 6.45) is 28.6. The van der Waals surface area contributed by atoms with Crippen molar-refractivity contribution >= 4 is 51.8 Å². The van der Waals surface area contributed by atoms with E-state index >= 15 is 0 Å². The van der Waals surface area contributed by atoms with Gasteiger partial charge in [0.05, 0.1) is 23.2 Å². The molecule has 0 aliphatic heterocycles. The Morgan fingerprint density at radius 3 is 2.43 bits per heavy atom. The van der Waals surface area contributed by atoms with Crippen molar-refractivity contribution < 1.29 is 0 Å². The zero-order valence-corrected chi connectivity index (χ0v) is 29.9. The van der Waals surface area contributed by atoms with Gasteiger partial charge in [-0.25, -0.2) is 0 Å². The van der Waals surface area contributed by atoms with Crippen molar-refractivity contribution in [3.8, 4) is 11.8 Å². The Morgan fingerprint density at radius 2 is 1.57 bits per heavy atom. The van der Waals surface area contributed by atoms with Gasteiger partial charge in [-0.15, -0.1) is 0 Å². The largest absolute Gasteiger partial charge is 0.310 e. The molecule has 0 N–H and O–H groups in total. The quantitative estimate of drug-likeness (QED) is 0.119. The van der Waals surface area contributed by atoms with Gasteiger partial charge in [0.25, 0.3) is 0 Å². The molecular weight excluding hydrogens is 641 g/mol. The molecule has 0 radical (unpaired) electrons. The highest BCUT2D eigenvalue weighted by Gasteiger charge is 2.32. The normalized spacial score (nSPS) is 20.4. The fraction of sp³-hybridized carbons (Fsp3) is 0.0980. The lowest BCUT2D eigenvalue weighted by atomic mass is 9.77.